The quantitative estimate of drug-likeness (QED) is 0.943. The number of rotatable bonds is 3. The van der Waals surface area contributed by atoms with Gasteiger partial charge in [-0.2, -0.15) is 0 Å². The molecule has 1 fully saturated rings. The average Bonchev–Trinajstić information content (AvgIpc) is 2.92. The van der Waals surface area contributed by atoms with Gasteiger partial charge in [-0.05, 0) is 67.8 Å². The van der Waals surface area contributed by atoms with Gasteiger partial charge in [0.05, 0.1) is 0 Å². The highest BCUT2D eigenvalue weighted by molar-refractivity contribution is 6.03. The van der Waals surface area contributed by atoms with Gasteiger partial charge in [0, 0.05) is 17.8 Å². The largest absolute Gasteiger partial charge is 0.340 e. The van der Waals surface area contributed by atoms with E-state index in [9.17, 15) is 14.0 Å². The van der Waals surface area contributed by atoms with Crippen molar-refractivity contribution in [3.05, 3.63) is 65.0 Å². The molecular formula is C19H19FN2O2. The van der Waals surface area contributed by atoms with Crippen molar-refractivity contribution in [1.29, 1.82) is 0 Å². The Balaban J connectivity index is 1.70. The smallest absolute Gasteiger partial charge is 0.251 e. The van der Waals surface area contributed by atoms with Gasteiger partial charge in [0.2, 0.25) is 5.91 Å². The molecule has 0 aliphatic carbocycles. The van der Waals surface area contributed by atoms with Crippen LogP contribution in [-0.4, -0.2) is 24.4 Å². The molecule has 3 rings (SSSR count). The van der Waals surface area contributed by atoms with Crippen molar-refractivity contribution in [2.24, 2.45) is 0 Å². The van der Waals surface area contributed by atoms with Gasteiger partial charge in [-0.15, -0.1) is 0 Å². The van der Waals surface area contributed by atoms with Gasteiger partial charge in [-0.1, -0.05) is 6.07 Å². The van der Waals surface area contributed by atoms with Crippen LogP contribution >= 0.6 is 0 Å². The lowest BCUT2D eigenvalue weighted by Crippen LogP contribution is -2.41. The van der Waals surface area contributed by atoms with Crippen molar-refractivity contribution in [3.8, 4) is 0 Å². The first-order valence-corrected chi connectivity index (χ1v) is 7.91. The lowest BCUT2D eigenvalue weighted by molar-refractivity contribution is -0.118. The standard InChI is InChI=1S/C19H19FN2O2/c1-12-3-4-14(11-13(12)2)18(23)21-17-9-10-22(19(17)24)16-7-5-15(20)6-8-16/h3-8,11,17H,9-10H2,1-2H3,(H,21,23). The molecule has 5 heteroatoms. The minimum Gasteiger partial charge on any atom is -0.340 e. The number of aryl methyl sites for hydroxylation is 2. The topological polar surface area (TPSA) is 49.4 Å². The van der Waals surface area contributed by atoms with Crippen LogP contribution in [0.15, 0.2) is 42.5 Å². The monoisotopic (exact) mass is 326 g/mol. The number of hydrogen-bond acceptors (Lipinski definition) is 2. The maximum absolute atomic E-state index is 13.0. The Hall–Kier alpha value is -2.69. The number of nitrogens with zero attached hydrogens (tertiary/aromatic N) is 1. The maximum Gasteiger partial charge on any atom is 0.251 e. The van der Waals surface area contributed by atoms with Crippen molar-refractivity contribution >= 4 is 17.5 Å². The third-order valence-corrected chi connectivity index (χ3v) is 4.42. The predicted molar refractivity (Wildman–Crippen MR) is 90.5 cm³/mol. The SMILES string of the molecule is Cc1ccc(C(=O)NC2CCN(c3ccc(F)cc3)C2=O)cc1C. The molecule has 1 N–H and O–H groups in total. The molecule has 0 spiro atoms. The molecule has 0 bridgehead atoms. The van der Waals surface area contributed by atoms with E-state index in [4.69, 9.17) is 0 Å². The Kier molecular flexibility index (Phi) is 4.34. The molecule has 2 aromatic rings. The molecule has 0 aromatic heterocycles. The fourth-order valence-electron chi connectivity index (χ4n) is 2.82. The van der Waals surface area contributed by atoms with Crippen molar-refractivity contribution < 1.29 is 14.0 Å². The molecule has 1 aliphatic heterocycles. The Bertz CT molecular complexity index is 786. The summed E-state index contributed by atoms with van der Waals surface area (Å²) in [6.07, 6.45) is 0.535. The van der Waals surface area contributed by atoms with Crippen LogP contribution in [0.1, 0.15) is 27.9 Å². The van der Waals surface area contributed by atoms with Crippen molar-refractivity contribution in [1.82, 2.24) is 5.32 Å². The van der Waals surface area contributed by atoms with Crippen molar-refractivity contribution in [2.45, 2.75) is 26.3 Å². The van der Waals surface area contributed by atoms with Crippen LogP contribution in [0.2, 0.25) is 0 Å². The normalized spacial score (nSPS) is 17.2. The van der Waals surface area contributed by atoms with Crippen molar-refractivity contribution in [2.75, 3.05) is 11.4 Å². The predicted octanol–water partition coefficient (Wildman–Crippen LogP) is 2.98. The summed E-state index contributed by atoms with van der Waals surface area (Å²) in [6, 6.07) is 10.7. The number of carbonyl (C=O) groups excluding carboxylic acids is 2. The van der Waals surface area contributed by atoms with E-state index in [0.29, 0.717) is 24.2 Å². The van der Waals surface area contributed by atoms with Crippen LogP contribution in [0, 0.1) is 19.7 Å². The molecule has 0 saturated carbocycles. The van der Waals surface area contributed by atoms with Crippen LogP contribution in [0.3, 0.4) is 0 Å². The van der Waals surface area contributed by atoms with Gasteiger partial charge in [0.15, 0.2) is 0 Å². The Morgan fingerprint density at radius 3 is 2.50 bits per heavy atom. The fourth-order valence-corrected chi connectivity index (χ4v) is 2.82. The van der Waals surface area contributed by atoms with Crippen LogP contribution in [0.25, 0.3) is 0 Å². The molecule has 124 valence electrons. The van der Waals surface area contributed by atoms with Gasteiger partial charge < -0.3 is 10.2 Å². The number of benzene rings is 2. The van der Waals surface area contributed by atoms with Gasteiger partial charge in [-0.25, -0.2) is 4.39 Å². The first kappa shape index (κ1) is 16.2. The molecule has 1 unspecified atom stereocenters. The van der Waals surface area contributed by atoms with E-state index in [1.54, 1.807) is 23.1 Å². The molecule has 2 amide bonds. The van der Waals surface area contributed by atoms with Crippen LogP contribution in [-0.2, 0) is 4.79 Å². The molecular weight excluding hydrogens is 307 g/mol. The van der Waals surface area contributed by atoms with Crippen molar-refractivity contribution in [3.63, 3.8) is 0 Å². The Morgan fingerprint density at radius 1 is 1.12 bits per heavy atom. The second kappa shape index (κ2) is 6.43. The van der Waals surface area contributed by atoms with E-state index in [-0.39, 0.29) is 17.6 Å². The van der Waals surface area contributed by atoms with Gasteiger partial charge in [0.25, 0.3) is 5.91 Å². The van der Waals surface area contributed by atoms with Gasteiger partial charge in [0.1, 0.15) is 11.9 Å². The third kappa shape index (κ3) is 3.15. The van der Waals surface area contributed by atoms with E-state index < -0.39 is 6.04 Å². The highest BCUT2D eigenvalue weighted by Crippen LogP contribution is 2.22. The molecule has 1 atom stereocenters. The molecule has 1 saturated heterocycles. The van der Waals surface area contributed by atoms with E-state index in [0.717, 1.165) is 11.1 Å². The average molecular weight is 326 g/mol. The van der Waals surface area contributed by atoms with Crippen LogP contribution in [0.4, 0.5) is 10.1 Å². The zero-order valence-corrected chi connectivity index (χ0v) is 13.7. The van der Waals surface area contributed by atoms with Gasteiger partial charge >= 0.3 is 0 Å². The third-order valence-electron chi connectivity index (χ3n) is 4.42. The first-order valence-electron chi connectivity index (χ1n) is 7.91. The summed E-state index contributed by atoms with van der Waals surface area (Å²) in [7, 11) is 0. The number of anilines is 1. The summed E-state index contributed by atoms with van der Waals surface area (Å²) in [6.45, 7) is 4.43. The summed E-state index contributed by atoms with van der Waals surface area (Å²) < 4.78 is 13.0. The number of nitrogens with one attached hydrogen (secondary N) is 1. The lowest BCUT2D eigenvalue weighted by atomic mass is 10.1. The molecule has 1 heterocycles. The fraction of sp³-hybridized carbons (Fsp3) is 0.263. The first-order chi connectivity index (χ1) is 11.5. The summed E-state index contributed by atoms with van der Waals surface area (Å²) in [5.74, 6) is -0.763. The molecule has 0 radical (unpaired) electrons. The molecule has 4 nitrogen and oxygen atoms in total. The lowest BCUT2D eigenvalue weighted by Gasteiger charge is -2.17. The summed E-state index contributed by atoms with van der Waals surface area (Å²) in [5, 5.41) is 2.80. The molecule has 2 aromatic carbocycles. The second-order valence-corrected chi connectivity index (χ2v) is 6.08. The highest BCUT2D eigenvalue weighted by Gasteiger charge is 2.33. The minimum absolute atomic E-state index is 0.168. The highest BCUT2D eigenvalue weighted by atomic mass is 19.1. The zero-order valence-electron chi connectivity index (χ0n) is 13.7. The number of halogens is 1. The minimum atomic E-state index is -0.552. The second-order valence-electron chi connectivity index (χ2n) is 6.08. The molecule has 24 heavy (non-hydrogen) atoms. The summed E-state index contributed by atoms with van der Waals surface area (Å²) in [4.78, 5) is 26.4. The molecule has 1 aliphatic rings. The van der Waals surface area contributed by atoms with E-state index in [1.807, 2.05) is 26.0 Å². The van der Waals surface area contributed by atoms with Gasteiger partial charge in [-0.3, -0.25) is 9.59 Å². The van der Waals surface area contributed by atoms with E-state index in [1.165, 1.54) is 12.1 Å². The summed E-state index contributed by atoms with van der Waals surface area (Å²) in [5.41, 5.74) is 3.34. The Labute approximate surface area is 140 Å². The van der Waals surface area contributed by atoms with E-state index in [2.05, 4.69) is 5.32 Å². The van der Waals surface area contributed by atoms with Crippen LogP contribution in [0.5, 0.6) is 0 Å². The number of hydrogen-bond donors (Lipinski definition) is 1. The number of carbonyl (C=O) groups is 2. The maximum atomic E-state index is 13.0. The Morgan fingerprint density at radius 2 is 1.83 bits per heavy atom. The summed E-state index contributed by atoms with van der Waals surface area (Å²) >= 11 is 0. The van der Waals surface area contributed by atoms with E-state index >= 15 is 0 Å². The zero-order chi connectivity index (χ0) is 17.3. The number of amides is 2. The van der Waals surface area contributed by atoms with Crippen LogP contribution < -0.4 is 10.2 Å².